The molecule has 1 saturated carbocycles. The van der Waals surface area contributed by atoms with Crippen molar-refractivity contribution in [3.05, 3.63) is 45.7 Å². The Kier molecular flexibility index (Phi) is 4.05. The average molecular weight is 340 g/mol. The van der Waals surface area contributed by atoms with E-state index in [0.29, 0.717) is 5.56 Å². The molecule has 0 N–H and O–H groups in total. The lowest BCUT2D eigenvalue weighted by Gasteiger charge is -2.22. The maximum Gasteiger partial charge on any atom is 0.243 e. The van der Waals surface area contributed by atoms with Gasteiger partial charge in [0.1, 0.15) is 5.82 Å². The number of sulfonamides is 1. The molecule has 22 heavy (non-hydrogen) atoms. The number of rotatable bonds is 5. The Hall–Kier alpha value is -1.31. The smallest absolute Gasteiger partial charge is 0.243 e. The Morgan fingerprint density at radius 2 is 2.09 bits per heavy atom. The van der Waals surface area contributed by atoms with Crippen LogP contribution < -0.4 is 0 Å². The maximum atomic E-state index is 13.2. The van der Waals surface area contributed by atoms with Crippen LogP contribution >= 0.6 is 11.3 Å². The van der Waals surface area contributed by atoms with Gasteiger partial charge in [-0.25, -0.2) is 17.8 Å². The molecule has 1 aromatic heterocycles. The van der Waals surface area contributed by atoms with Crippen molar-refractivity contribution in [2.75, 3.05) is 0 Å². The second-order valence-electron chi connectivity index (χ2n) is 5.55. The van der Waals surface area contributed by atoms with Crippen LogP contribution in [0.5, 0.6) is 0 Å². The monoisotopic (exact) mass is 340 g/mol. The number of hydrogen-bond donors (Lipinski definition) is 0. The third-order valence-electron chi connectivity index (χ3n) is 3.66. The minimum Gasteiger partial charge on any atom is -0.245 e. The number of halogens is 1. The predicted octanol–water partition coefficient (Wildman–Crippen LogP) is 3.25. The van der Waals surface area contributed by atoms with Gasteiger partial charge in [-0.1, -0.05) is 0 Å². The van der Waals surface area contributed by atoms with E-state index >= 15 is 0 Å². The second kappa shape index (κ2) is 5.72. The molecule has 1 heterocycles. The average Bonchev–Trinajstić information content (AvgIpc) is 3.18. The lowest BCUT2D eigenvalue weighted by atomic mass is 10.2. The highest BCUT2D eigenvalue weighted by atomic mass is 32.2. The summed E-state index contributed by atoms with van der Waals surface area (Å²) in [4.78, 5) is 4.53. The minimum absolute atomic E-state index is 0.0245. The molecule has 3 rings (SSSR count). The van der Waals surface area contributed by atoms with Crippen LogP contribution in [-0.4, -0.2) is 23.7 Å². The largest absolute Gasteiger partial charge is 0.245 e. The van der Waals surface area contributed by atoms with Crippen molar-refractivity contribution in [2.45, 2.75) is 44.2 Å². The van der Waals surface area contributed by atoms with E-state index in [1.54, 1.807) is 6.92 Å². The Labute approximate surface area is 133 Å². The van der Waals surface area contributed by atoms with Gasteiger partial charge < -0.3 is 0 Å². The fraction of sp³-hybridized carbons (Fsp3) is 0.400. The normalized spacial score (nSPS) is 15.5. The Bertz CT molecular complexity index is 798. The van der Waals surface area contributed by atoms with Crippen LogP contribution in [-0.2, 0) is 16.6 Å². The number of aryl methyl sites for hydroxylation is 2. The quantitative estimate of drug-likeness (QED) is 0.839. The Morgan fingerprint density at radius 3 is 2.64 bits per heavy atom. The first-order valence-electron chi connectivity index (χ1n) is 7.07. The fourth-order valence-corrected chi connectivity index (χ4v) is 4.91. The Balaban J connectivity index is 1.96. The first kappa shape index (κ1) is 15.6. The summed E-state index contributed by atoms with van der Waals surface area (Å²) in [5.41, 5.74) is 1.19. The van der Waals surface area contributed by atoms with Gasteiger partial charge in [-0.3, -0.25) is 0 Å². The van der Waals surface area contributed by atoms with Gasteiger partial charge in [-0.2, -0.15) is 4.31 Å². The summed E-state index contributed by atoms with van der Waals surface area (Å²) in [7, 11) is -3.64. The number of aromatic nitrogens is 1. The van der Waals surface area contributed by atoms with E-state index in [2.05, 4.69) is 4.98 Å². The summed E-state index contributed by atoms with van der Waals surface area (Å²) in [6, 6.07) is 3.82. The van der Waals surface area contributed by atoms with E-state index in [4.69, 9.17) is 0 Å². The zero-order valence-corrected chi connectivity index (χ0v) is 14.0. The van der Waals surface area contributed by atoms with E-state index in [1.807, 2.05) is 12.3 Å². The SMILES string of the molecule is Cc1nc(CN(C2CC2)S(=O)(=O)c2ccc(F)cc2C)cs1. The van der Waals surface area contributed by atoms with Gasteiger partial charge in [-0.05, 0) is 50.5 Å². The maximum absolute atomic E-state index is 13.2. The highest BCUT2D eigenvalue weighted by molar-refractivity contribution is 7.89. The lowest BCUT2D eigenvalue weighted by molar-refractivity contribution is 0.394. The van der Waals surface area contributed by atoms with Crippen molar-refractivity contribution in [1.29, 1.82) is 0 Å². The van der Waals surface area contributed by atoms with Crippen LogP contribution in [0.3, 0.4) is 0 Å². The lowest BCUT2D eigenvalue weighted by Crippen LogP contribution is -2.33. The van der Waals surface area contributed by atoms with Crippen LogP contribution in [0.2, 0.25) is 0 Å². The van der Waals surface area contributed by atoms with Crippen LogP contribution in [0.1, 0.15) is 29.1 Å². The molecule has 0 saturated heterocycles. The van der Waals surface area contributed by atoms with Gasteiger partial charge >= 0.3 is 0 Å². The summed E-state index contributed by atoms with van der Waals surface area (Å²) < 4.78 is 40.6. The van der Waals surface area contributed by atoms with Gasteiger partial charge in [-0.15, -0.1) is 11.3 Å². The van der Waals surface area contributed by atoms with Crippen molar-refractivity contribution < 1.29 is 12.8 Å². The molecule has 1 aliphatic carbocycles. The predicted molar refractivity (Wildman–Crippen MR) is 83.7 cm³/mol. The molecule has 0 bridgehead atoms. The van der Waals surface area contributed by atoms with Crippen molar-refractivity contribution in [2.24, 2.45) is 0 Å². The molecule has 1 aromatic carbocycles. The van der Waals surface area contributed by atoms with Crippen molar-refractivity contribution in [1.82, 2.24) is 9.29 Å². The molecule has 4 nitrogen and oxygen atoms in total. The molecule has 0 radical (unpaired) electrons. The fourth-order valence-electron chi connectivity index (χ4n) is 2.44. The highest BCUT2D eigenvalue weighted by Gasteiger charge is 2.39. The van der Waals surface area contributed by atoms with E-state index < -0.39 is 15.8 Å². The summed E-state index contributed by atoms with van der Waals surface area (Å²) in [6.07, 6.45) is 1.73. The molecule has 118 valence electrons. The van der Waals surface area contributed by atoms with Gasteiger partial charge in [0.2, 0.25) is 10.0 Å². The molecule has 0 unspecified atom stereocenters. The summed E-state index contributed by atoms with van der Waals surface area (Å²) >= 11 is 1.51. The third-order valence-corrected chi connectivity index (χ3v) is 6.54. The summed E-state index contributed by atoms with van der Waals surface area (Å²) in [5, 5.41) is 2.80. The molecule has 0 spiro atoms. The van der Waals surface area contributed by atoms with Crippen molar-refractivity contribution in [3.8, 4) is 0 Å². The molecule has 7 heteroatoms. The molecule has 1 fully saturated rings. The van der Waals surface area contributed by atoms with Crippen LogP contribution in [0.4, 0.5) is 4.39 Å². The summed E-state index contributed by atoms with van der Waals surface area (Å²) in [6.45, 7) is 3.79. The number of benzene rings is 1. The van der Waals surface area contributed by atoms with E-state index in [1.165, 1.54) is 33.8 Å². The summed E-state index contributed by atoms with van der Waals surface area (Å²) in [5.74, 6) is -0.426. The minimum atomic E-state index is -3.64. The zero-order valence-electron chi connectivity index (χ0n) is 12.4. The van der Waals surface area contributed by atoms with Gasteiger partial charge in [0, 0.05) is 11.4 Å². The molecule has 2 aromatic rings. The van der Waals surface area contributed by atoms with Gasteiger partial charge in [0.15, 0.2) is 0 Å². The molecule has 0 atom stereocenters. The van der Waals surface area contributed by atoms with Crippen LogP contribution in [0, 0.1) is 19.7 Å². The number of hydrogen-bond acceptors (Lipinski definition) is 4. The number of thiazole rings is 1. The molecular formula is C15H17FN2O2S2. The first-order chi connectivity index (χ1) is 10.4. The second-order valence-corrected chi connectivity index (χ2v) is 8.47. The van der Waals surface area contributed by atoms with Crippen molar-refractivity contribution in [3.63, 3.8) is 0 Å². The van der Waals surface area contributed by atoms with Crippen molar-refractivity contribution >= 4 is 21.4 Å². The van der Waals surface area contributed by atoms with Gasteiger partial charge in [0.25, 0.3) is 0 Å². The zero-order chi connectivity index (χ0) is 15.9. The van der Waals surface area contributed by atoms with Crippen LogP contribution in [0.15, 0.2) is 28.5 Å². The third kappa shape index (κ3) is 3.06. The molecule has 0 aliphatic heterocycles. The standard InChI is InChI=1S/C15H17FN2O2S2/c1-10-7-12(16)3-6-15(10)22(19,20)18(14-4-5-14)8-13-9-21-11(2)17-13/h3,6-7,9,14H,4-5,8H2,1-2H3. The van der Waals surface area contributed by atoms with E-state index in [-0.39, 0.29) is 17.5 Å². The first-order valence-corrected chi connectivity index (χ1v) is 9.39. The Morgan fingerprint density at radius 1 is 1.36 bits per heavy atom. The topological polar surface area (TPSA) is 50.3 Å². The van der Waals surface area contributed by atoms with E-state index in [0.717, 1.165) is 23.5 Å². The number of nitrogens with zero attached hydrogens (tertiary/aromatic N) is 2. The highest BCUT2D eigenvalue weighted by Crippen LogP contribution is 2.34. The molecule has 1 aliphatic rings. The molecule has 0 amide bonds. The molecular weight excluding hydrogens is 323 g/mol. The van der Waals surface area contributed by atoms with Gasteiger partial charge in [0.05, 0.1) is 22.1 Å². The van der Waals surface area contributed by atoms with E-state index in [9.17, 15) is 12.8 Å². The van der Waals surface area contributed by atoms with Crippen LogP contribution in [0.25, 0.3) is 0 Å².